The fraction of sp³-hybridized carbons (Fsp3) is 0.212. The van der Waals surface area contributed by atoms with E-state index in [4.69, 9.17) is 10.00 Å². The number of aliphatic hydroxyl groups is 1. The van der Waals surface area contributed by atoms with E-state index in [-0.39, 0.29) is 64.4 Å². The fourth-order valence-electron chi connectivity index (χ4n) is 5.12. The van der Waals surface area contributed by atoms with Gasteiger partial charge in [0.2, 0.25) is 5.88 Å². The van der Waals surface area contributed by atoms with Gasteiger partial charge in [0.05, 0.1) is 40.5 Å². The van der Waals surface area contributed by atoms with Crippen molar-refractivity contribution in [2.45, 2.75) is 32.4 Å². The number of pyridine rings is 1. The second-order valence-corrected chi connectivity index (χ2v) is 10.9. The van der Waals surface area contributed by atoms with E-state index in [0.29, 0.717) is 23.4 Å². The molecule has 44 heavy (non-hydrogen) atoms. The summed E-state index contributed by atoms with van der Waals surface area (Å²) in [6.45, 7) is 0.126. The monoisotopic (exact) mass is 598 g/mol. The standard InChI is InChI=1S/C33H25F3N4O4/c34-24-10-19(15-37)4-5-21(24)16-44-31-3-1-2-27(39-31)23-14-25(35)22(11-26(23)36)13-30-38-28-7-6-20(32(42)43)12-29(28)40(30)17-33(18-41)8-9-33/h1-7,10-12,14,41H,8-9,13,16-18H2,(H,42,43). The maximum Gasteiger partial charge on any atom is 0.335 e. The van der Waals surface area contributed by atoms with Crippen LogP contribution in [0.1, 0.15) is 45.7 Å². The third-order valence-corrected chi connectivity index (χ3v) is 7.90. The minimum atomic E-state index is -1.10. The summed E-state index contributed by atoms with van der Waals surface area (Å²) in [5, 5.41) is 28.3. The molecule has 2 aromatic heterocycles. The van der Waals surface area contributed by atoms with E-state index in [2.05, 4.69) is 9.97 Å². The zero-order valence-corrected chi connectivity index (χ0v) is 23.2. The molecule has 5 aromatic rings. The number of carboxylic acids is 1. The number of nitriles is 1. The van der Waals surface area contributed by atoms with Gasteiger partial charge in [0.15, 0.2) is 0 Å². The van der Waals surface area contributed by atoms with Crippen LogP contribution in [0.4, 0.5) is 13.2 Å². The van der Waals surface area contributed by atoms with Gasteiger partial charge in [0, 0.05) is 35.6 Å². The highest BCUT2D eigenvalue weighted by Crippen LogP contribution is 2.47. The predicted octanol–water partition coefficient (Wildman–Crippen LogP) is 6.03. The lowest BCUT2D eigenvalue weighted by molar-refractivity contribution is 0.0697. The number of rotatable bonds is 10. The van der Waals surface area contributed by atoms with Crippen molar-refractivity contribution < 1.29 is 32.9 Å². The molecule has 0 saturated heterocycles. The minimum absolute atomic E-state index is 0.0406. The van der Waals surface area contributed by atoms with Gasteiger partial charge in [-0.25, -0.2) is 27.9 Å². The van der Waals surface area contributed by atoms with Gasteiger partial charge in [-0.3, -0.25) is 0 Å². The van der Waals surface area contributed by atoms with E-state index in [1.165, 1.54) is 36.4 Å². The number of nitrogens with zero attached hydrogens (tertiary/aromatic N) is 4. The van der Waals surface area contributed by atoms with Crippen LogP contribution in [0.2, 0.25) is 0 Å². The van der Waals surface area contributed by atoms with E-state index in [9.17, 15) is 19.4 Å². The van der Waals surface area contributed by atoms with Crippen molar-refractivity contribution in [3.8, 4) is 23.2 Å². The van der Waals surface area contributed by atoms with Gasteiger partial charge in [-0.15, -0.1) is 0 Å². The van der Waals surface area contributed by atoms with E-state index in [0.717, 1.165) is 31.0 Å². The zero-order valence-electron chi connectivity index (χ0n) is 23.2. The van der Waals surface area contributed by atoms with Crippen LogP contribution in [-0.2, 0) is 19.6 Å². The van der Waals surface area contributed by atoms with Crippen molar-refractivity contribution >= 4 is 17.0 Å². The van der Waals surface area contributed by atoms with Gasteiger partial charge in [-0.2, -0.15) is 5.26 Å². The van der Waals surface area contributed by atoms with Crippen molar-refractivity contribution in [3.05, 3.63) is 112 Å². The minimum Gasteiger partial charge on any atom is -0.478 e. The second kappa shape index (κ2) is 11.5. The van der Waals surface area contributed by atoms with E-state index >= 15 is 8.78 Å². The molecule has 0 unspecified atom stereocenters. The predicted molar refractivity (Wildman–Crippen MR) is 153 cm³/mol. The molecular formula is C33H25F3N4O4. The summed E-state index contributed by atoms with van der Waals surface area (Å²) in [5.74, 6) is -2.64. The number of hydrogen-bond donors (Lipinski definition) is 2. The van der Waals surface area contributed by atoms with Crippen molar-refractivity contribution in [1.82, 2.24) is 14.5 Å². The first kappa shape index (κ1) is 28.9. The molecule has 0 aliphatic heterocycles. The molecule has 0 atom stereocenters. The fourth-order valence-corrected chi connectivity index (χ4v) is 5.12. The number of carbonyl (C=O) groups is 1. The van der Waals surface area contributed by atoms with Gasteiger partial charge in [-0.05, 0) is 66.9 Å². The number of imidazole rings is 1. The Hall–Kier alpha value is -5.21. The van der Waals surface area contributed by atoms with Crippen LogP contribution in [0.5, 0.6) is 5.88 Å². The molecule has 222 valence electrons. The quantitative estimate of drug-likeness (QED) is 0.201. The number of halogens is 3. The van der Waals surface area contributed by atoms with Gasteiger partial charge in [-0.1, -0.05) is 12.1 Å². The maximum atomic E-state index is 15.5. The molecule has 11 heteroatoms. The lowest BCUT2D eigenvalue weighted by atomic mass is 10.0. The van der Waals surface area contributed by atoms with Crippen molar-refractivity contribution in [1.29, 1.82) is 5.26 Å². The van der Waals surface area contributed by atoms with Gasteiger partial charge >= 0.3 is 5.97 Å². The number of benzene rings is 3. The summed E-state index contributed by atoms with van der Waals surface area (Å²) in [5.41, 5.74) is 1.19. The molecule has 2 heterocycles. The first-order valence-corrected chi connectivity index (χ1v) is 13.8. The molecule has 0 radical (unpaired) electrons. The average molecular weight is 599 g/mol. The maximum absolute atomic E-state index is 15.5. The summed E-state index contributed by atoms with van der Waals surface area (Å²) in [4.78, 5) is 20.5. The van der Waals surface area contributed by atoms with Crippen molar-refractivity contribution in [2.24, 2.45) is 5.41 Å². The lowest BCUT2D eigenvalue weighted by Gasteiger charge is -2.17. The van der Waals surface area contributed by atoms with E-state index < -0.39 is 23.4 Å². The van der Waals surface area contributed by atoms with Gasteiger partial charge in [0.25, 0.3) is 0 Å². The van der Waals surface area contributed by atoms with Crippen LogP contribution in [0.25, 0.3) is 22.3 Å². The Balaban J connectivity index is 1.27. The molecule has 0 spiro atoms. The Bertz CT molecular complexity index is 1960. The molecule has 1 aliphatic rings. The first-order valence-electron chi connectivity index (χ1n) is 13.8. The molecule has 6 rings (SSSR count). The summed E-state index contributed by atoms with van der Waals surface area (Å²) in [7, 11) is 0. The number of fused-ring (bicyclic) bond motifs is 1. The number of ether oxygens (including phenoxy) is 1. The SMILES string of the molecule is N#Cc1ccc(COc2cccc(-c3cc(F)c(Cc4nc5ccc(C(=O)O)cc5n4CC4(CO)CC4)cc3F)n2)c(F)c1. The van der Waals surface area contributed by atoms with Gasteiger partial charge < -0.3 is 19.5 Å². The molecule has 1 aliphatic carbocycles. The van der Waals surface area contributed by atoms with E-state index in [1.807, 2.05) is 6.07 Å². The number of aromatic nitrogens is 3. The zero-order chi connectivity index (χ0) is 31.0. The Kier molecular flexibility index (Phi) is 7.53. The summed E-state index contributed by atoms with van der Waals surface area (Å²) in [6, 6.07) is 17.0. The van der Waals surface area contributed by atoms with E-state index in [1.54, 1.807) is 16.7 Å². The Labute approximate surface area is 249 Å². The summed E-state index contributed by atoms with van der Waals surface area (Å²) >= 11 is 0. The Morgan fingerprint density at radius 3 is 2.48 bits per heavy atom. The first-order chi connectivity index (χ1) is 21.2. The molecule has 8 nitrogen and oxygen atoms in total. The molecule has 3 aromatic carbocycles. The van der Waals surface area contributed by atoms with Crippen LogP contribution in [0, 0.1) is 34.2 Å². The van der Waals surface area contributed by atoms with Crippen LogP contribution < -0.4 is 4.74 Å². The Morgan fingerprint density at radius 1 is 0.977 bits per heavy atom. The number of aliphatic hydroxyl groups excluding tert-OH is 1. The Morgan fingerprint density at radius 2 is 1.77 bits per heavy atom. The van der Waals surface area contributed by atoms with Gasteiger partial charge in [0.1, 0.15) is 29.9 Å². The number of hydrogen-bond acceptors (Lipinski definition) is 6. The third kappa shape index (κ3) is 5.72. The highest BCUT2D eigenvalue weighted by atomic mass is 19.1. The molecule has 1 saturated carbocycles. The smallest absolute Gasteiger partial charge is 0.335 e. The van der Waals surface area contributed by atoms with Crippen molar-refractivity contribution in [2.75, 3.05) is 6.61 Å². The largest absolute Gasteiger partial charge is 0.478 e. The number of carboxylic acid groups (broad SMARTS) is 1. The topological polar surface area (TPSA) is 121 Å². The second-order valence-electron chi connectivity index (χ2n) is 10.9. The lowest BCUT2D eigenvalue weighted by Crippen LogP contribution is -2.18. The van der Waals surface area contributed by atoms with Crippen LogP contribution in [0.3, 0.4) is 0 Å². The number of aromatic carboxylic acids is 1. The highest BCUT2D eigenvalue weighted by molar-refractivity contribution is 5.92. The third-order valence-electron chi connectivity index (χ3n) is 7.90. The van der Waals surface area contributed by atoms with Crippen LogP contribution in [-0.4, -0.2) is 37.3 Å². The average Bonchev–Trinajstić information content (AvgIpc) is 3.73. The normalized spacial score (nSPS) is 13.5. The molecule has 2 N–H and O–H groups in total. The molecule has 0 amide bonds. The van der Waals surface area contributed by atoms with Crippen molar-refractivity contribution in [3.63, 3.8) is 0 Å². The van der Waals surface area contributed by atoms with Crippen LogP contribution in [0.15, 0.2) is 66.7 Å². The summed E-state index contributed by atoms with van der Waals surface area (Å²) in [6.07, 6.45) is 1.50. The molecule has 0 bridgehead atoms. The van der Waals surface area contributed by atoms with Crippen LogP contribution >= 0.6 is 0 Å². The molecular weight excluding hydrogens is 573 g/mol. The molecule has 1 fully saturated rings. The summed E-state index contributed by atoms with van der Waals surface area (Å²) < 4.78 is 52.6. The highest BCUT2D eigenvalue weighted by Gasteiger charge is 2.43.